The van der Waals surface area contributed by atoms with Crippen molar-refractivity contribution in [1.82, 2.24) is 4.98 Å². The molecule has 0 aromatic carbocycles. The number of carbonyl (C=O) groups excluding carboxylic acids is 1. The van der Waals surface area contributed by atoms with Crippen LogP contribution in [0.3, 0.4) is 0 Å². The molecule has 82 valence electrons. The second kappa shape index (κ2) is 4.89. The van der Waals surface area contributed by atoms with E-state index >= 15 is 0 Å². The molecule has 0 fully saturated rings. The summed E-state index contributed by atoms with van der Waals surface area (Å²) in [5, 5.41) is 9.04. The van der Waals surface area contributed by atoms with Gasteiger partial charge in [-0.25, -0.2) is 4.98 Å². The second-order valence-corrected chi connectivity index (χ2v) is 3.57. The molecule has 1 aromatic heterocycles. The third-order valence-electron chi connectivity index (χ3n) is 2.43. The molecular formula is C11H16N2O2. The van der Waals surface area contributed by atoms with Crippen LogP contribution in [0, 0.1) is 0 Å². The highest BCUT2D eigenvalue weighted by molar-refractivity contribution is 5.98. The Morgan fingerprint density at radius 1 is 1.67 bits per heavy atom. The quantitative estimate of drug-likeness (QED) is 0.753. The second-order valence-electron chi connectivity index (χ2n) is 3.57. The summed E-state index contributed by atoms with van der Waals surface area (Å²) in [5.41, 5.74) is 0.584. The average molecular weight is 208 g/mol. The van der Waals surface area contributed by atoms with Crippen LogP contribution >= 0.6 is 0 Å². The molecule has 0 aliphatic carbocycles. The van der Waals surface area contributed by atoms with Crippen molar-refractivity contribution in [1.29, 1.82) is 0 Å². The van der Waals surface area contributed by atoms with Gasteiger partial charge in [0.1, 0.15) is 5.82 Å². The number of nitrogens with zero attached hydrogens (tertiary/aromatic N) is 2. The highest BCUT2D eigenvalue weighted by Gasteiger charge is 2.15. The summed E-state index contributed by atoms with van der Waals surface area (Å²) in [7, 11) is 1.82. The van der Waals surface area contributed by atoms with E-state index in [0.717, 1.165) is 0 Å². The van der Waals surface area contributed by atoms with Gasteiger partial charge in [0.2, 0.25) is 0 Å². The molecular weight excluding hydrogens is 192 g/mol. The number of ketones is 1. The summed E-state index contributed by atoms with van der Waals surface area (Å²) in [6.07, 6.45) is 1.64. The van der Waals surface area contributed by atoms with Crippen molar-refractivity contribution in [2.24, 2.45) is 0 Å². The fourth-order valence-corrected chi connectivity index (χ4v) is 1.28. The summed E-state index contributed by atoms with van der Waals surface area (Å²) in [6, 6.07) is 3.42. The molecule has 4 nitrogen and oxygen atoms in total. The van der Waals surface area contributed by atoms with Gasteiger partial charge in [-0.3, -0.25) is 4.79 Å². The van der Waals surface area contributed by atoms with Crippen LogP contribution in [0.1, 0.15) is 24.2 Å². The number of carbonyl (C=O) groups is 1. The van der Waals surface area contributed by atoms with Gasteiger partial charge < -0.3 is 10.0 Å². The van der Waals surface area contributed by atoms with Crippen LogP contribution in [-0.4, -0.2) is 35.6 Å². The molecule has 1 heterocycles. The van der Waals surface area contributed by atoms with Gasteiger partial charge in [0.25, 0.3) is 0 Å². The van der Waals surface area contributed by atoms with E-state index in [4.69, 9.17) is 5.11 Å². The van der Waals surface area contributed by atoms with Crippen LogP contribution in [0.25, 0.3) is 0 Å². The first kappa shape index (κ1) is 11.7. The molecule has 1 unspecified atom stereocenters. The third kappa shape index (κ3) is 2.53. The molecule has 0 aliphatic rings. The number of hydrogen-bond acceptors (Lipinski definition) is 4. The van der Waals surface area contributed by atoms with Crippen molar-refractivity contribution >= 4 is 11.6 Å². The molecule has 0 amide bonds. The van der Waals surface area contributed by atoms with E-state index in [1.807, 2.05) is 14.0 Å². The molecule has 15 heavy (non-hydrogen) atoms. The lowest BCUT2D eigenvalue weighted by molar-refractivity contribution is 0.101. The van der Waals surface area contributed by atoms with Crippen LogP contribution in [0.15, 0.2) is 18.3 Å². The third-order valence-corrected chi connectivity index (χ3v) is 2.43. The van der Waals surface area contributed by atoms with E-state index in [2.05, 4.69) is 4.98 Å². The maximum absolute atomic E-state index is 11.4. The zero-order valence-electron chi connectivity index (χ0n) is 9.27. The molecule has 1 aromatic rings. The van der Waals surface area contributed by atoms with Crippen LogP contribution in [0.2, 0.25) is 0 Å². The molecule has 0 saturated carbocycles. The maximum atomic E-state index is 11.4. The van der Waals surface area contributed by atoms with Gasteiger partial charge in [-0.2, -0.15) is 0 Å². The van der Waals surface area contributed by atoms with Crippen LogP contribution in [0.4, 0.5) is 5.82 Å². The first-order valence-corrected chi connectivity index (χ1v) is 4.87. The summed E-state index contributed by atoms with van der Waals surface area (Å²) in [5.74, 6) is 0.599. The molecule has 4 heteroatoms. The fraction of sp³-hybridized carbons (Fsp3) is 0.455. The van der Waals surface area contributed by atoms with Crippen molar-refractivity contribution in [2.75, 3.05) is 18.6 Å². The molecule has 0 spiro atoms. The topological polar surface area (TPSA) is 53.4 Å². The lowest BCUT2D eigenvalue weighted by Gasteiger charge is -2.25. The summed E-state index contributed by atoms with van der Waals surface area (Å²) in [6.45, 7) is 3.42. The monoisotopic (exact) mass is 208 g/mol. The Morgan fingerprint density at radius 3 is 2.87 bits per heavy atom. The molecule has 0 saturated heterocycles. The smallest absolute Gasteiger partial charge is 0.163 e. The Morgan fingerprint density at radius 2 is 2.33 bits per heavy atom. The van der Waals surface area contributed by atoms with Crippen molar-refractivity contribution in [3.8, 4) is 0 Å². The lowest BCUT2D eigenvalue weighted by Crippen LogP contribution is -2.33. The van der Waals surface area contributed by atoms with Gasteiger partial charge in [-0.1, -0.05) is 0 Å². The Bertz CT molecular complexity index is 352. The molecule has 1 atom stereocenters. The number of Topliss-reactive ketones (excluding diaryl/α,β-unsaturated/α-hetero) is 1. The van der Waals surface area contributed by atoms with E-state index in [9.17, 15) is 4.79 Å². The Balaban J connectivity index is 3.07. The lowest BCUT2D eigenvalue weighted by atomic mass is 10.1. The number of hydrogen-bond donors (Lipinski definition) is 1. The first-order chi connectivity index (χ1) is 7.07. The van der Waals surface area contributed by atoms with E-state index < -0.39 is 0 Å². The molecule has 0 bridgehead atoms. The van der Waals surface area contributed by atoms with Gasteiger partial charge in [0.15, 0.2) is 5.78 Å². The van der Waals surface area contributed by atoms with Crippen LogP contribution in [-0.2, 0) is 0 Å². The average Bonchev–Trinajstić information content (AvgIpc) is 2.27. The molecule has 0 aliphatic heterocycles. The van der Waals surface area contributed by atoms with Crippen molar-refractivity contribution in [3.05, 3.63) is 23.9 Å². The Hall–Kier alpha value is -1.42. The standard InChI is InChI=1S/C11H16N2O2/c1-8(7-14)13(3)11-10(9(2)15)5-4-6-12-11/h4-6,8,14H,7H2,1-3H3. The number of aliphatic hydroxyl groups excluding tert-OH is 1. The molecule has 1 rings (SSSR count). The van der Waals surface area contributed by atoms with Gasteiger partial charge in [-0.15, -0.1) is 0 Å². The van der Waals surface area contributed by atoms with Gasteiger partial charge in [-0.05, 0) is 26.0 Å². The minimum atomic E-state index is -0.0574. The zero-order valence-corrected chi connectivity index (χ0v) is 9.27. The zero-order chi connectivity index (χ0) is 11.4. The van der Waals surface area contributed by atoms with Gasteiger partial charge >= 0.3 is 0 Å². The Labute approximate surface area is 89.6 Å². The number of anilines is 1. The number of pyridine rings is 1. The van der Waals surface area contributed by atoms with E-state index in [0.29, 0.717) is 11.4 Å². The predicted molar refractivity (Wildman–Crippen MR) is 59.2 cm³/mol. The van der Waals surface area contributed by atoms with E-state index in [1.165, 1.54) is 6.92 Å². The van der Waals surface area contributed by atoms with Crippen molar-refractivity contribution in [2.45, 2.75) is 19.9 Å². The largest absolute Gasteiger partial charge is 0.394 e. The normalized spacial score (nSPS) is 12.3. The van der Waals surface area contributed by atoms with E-state index in [-0.39, 0.29) is 18.4 Å². The SMILES string of the molecule is CC(=O)c1cccnc1N(C)C(C)CO. The highest BCUT2D eigenvalue weighted by atomic mass is 16.3. The number of aliphatic hydroxyl groups is 1. The van der Waals surface area contributed by atoms with E-state index in [1.54, 1.807) is 23.2 Å². The van der Waals surface area contributed by atoms with Crippen LogP contribution < -0.4 is 4.90 Å². The fourth-order valence-electron chi connectivity index (χ4n) is 1.28. The number of aromatic nitrogens is 1. The minimum Gasteiger partial charge on any atom is -0.394 e. The van der Waals surface area contributed by atoms with Crippen molar-refractivity contribution in [3.63, 3.8) is 0 Å². The summed E-state index contributed by atoms with van der Waals surface area (Å²) < 4.78 is 0. The highest BCUT2D eigenvalue weighted by Crippen LogP contribution is 2.18. The number of likely N-dealkylation sites (N-methyl/N-ethyl adjacent to an activating group) is 1. The maximum Gasteiger partial charge on any atom is 0.163 e. The van der Waals surface area contributed by atoms with Gasteiger partial charge in [0.05, 0.1) is 18.2 Å². The summed E-state index contributed by atoms with van der Waals surface area (Å²) >= 11 is 0. The Kier molecular flexibility index (Phi) is 3.80. The van der Waals surface area contributed by atoms with Gasteiger partial charge in [0, 0.05) is 13.2 Å². The number of rotatable bonds is 4. The van der Waals surface area contributed by atoms with Crippen molar-refractivity contribution < 1.29 is 9.90 Å². The predicted octanol–water partition coefficient (Wildman–Crippen LogP) is 1.10. The summed E-state index contributed by atoms with van der Waals surface area (Å²) in [4.78, 5) is 17.3. The van der Waals surface area contributed by atoms with Crippen LogP contribution in [0.5, 0.6) is 0 Å². The molecule has 1 N–H and O–H groups in total. The molecule has 0 radical (unpaired) electrons. The minimum absolute atomic E-state index is 0.0184. The first-order valence-electron chi connectivity index (χ1n) is 4.87.